The van der Waals surface area contributed by atoms with Crippen LogP contribution in [0.25, 0.3) is 16.5 Å². The molecule has 1 N–H and O–H groups in total. The minimum Gasteiger partial charge on any atom is -0.380 e. The molecule has 0 unspecified atom stereocenters. The van der Waals surface area contributed by atoms with Gasteiger partial charge in [0.05, 0.1) is 5.52 Å². The smallest absolute Gasteiger partial charge is 0.0701 e. The van der Waals surface area contributed by atoms with Crippen LogP contribution in [-0.4, -0.2) is 11.5 Å². The summed E-state index contributed by atoms with van der Waals surface area (Å²) in [5.74, 6) is 0. The first kappa shape index (κ1) is 16.7. The molecule has 0 bridgehead atoms. The van der Waals surface area contributed by atoms with Crippen LogP contribution in [0.5, 0.6) is 0 Å². The number of rotatable bonds is 2. The highest BCUT2D eigenvalue weighted by molar-refractivity contribution is 5.88. The summed E-state index contributed by atoms with van der Waals surface area (Å²) < 4.78 is 0. The summed E-state index contributed by atoms with van der Waals surface area (Å²) in [6.45, 7) is 6.76. The van der Waals surface area contributed by atoms with Crippen molar-refractivity contribution in [3.8, 4) is 0 Å². The van der Waals surface area contributed by atoms with Crippen molar-refractivity contribution in [1.82, 2.24) is 4.98 Å². The van der Waals surface area contributed by atoms with Gasteiger partial charge in [0.25, 0.3) is 0 Å². The van der Waals surface area contributed by atoms with Crippen molar-refractivity contribution in [3.63, 3.8) is 0 Å². The zero-order chi connectivity index (χ0) is 17.5. The lowest BCUT2D eigenvalue weighted by molar-refractivity contribution is 1.23. The third kappa shape index (κ3) is 3.86. The van der Waals surface area contributed by atoms with E-state index in [1.54, 1.807) is 0 Å². The second kappa shape index (κ2) is 8.11. The predicted molar refractivity (Wildman–Crippen MR) is 109 cm³/mol. The number of hydrogen-bond donors (Lipinski definition) is 1. The maximum atomic E-state index is 4.18. The van der Waals surface area contributed by atoms with E-state index in [2.05, 4.69) is 65.4 Å². The molecule has 2 nitrogen and oxygen atoms in total. The van der Waals surface area contributed by atoms with Crippen molar-refractivity contribution >= 4 is 22.2 Å². The number of para-hydroxylation sites is 2. The van der Waals surface area contributed by atoms with Gasteiger partial charge in [0.15, 0.2) is 0 Å². The number of fused-ring (bicyclic) bond motifs is 2. The Morgan fingerprint density at radius 1 is 1.00 bits per heavy atom. The van der Waals surface area contributed by atoms with Gasteiger partial charge in [0, 0.05) is 29.4 Å². The quantitative estimate of drug-likeness (QED) is 0.637. The molecule has 4 rings (SSSR count). The van der Waals surface area contributed by atoms with E-state index in [-0.39, 0.29) is 0 Å². The molecular formula is C23H22N2. The average Bonchev–Trinajstić information content (AvgIpc) is 2.69. The normalized spacial score (nSPS) is 13.0. The topological polar surface area (TPSA) is 24.9 Å². The molecule has 0 spiro atoms. The molecule has 0 amide bonds. The fraction of sp³-hybridized carbons (Fsp3) is 0.0870. The van der Waals surface area contributed by atoms with Crippen LogP contribution in [0.3, 0.4) is 0 Å². The van der Waals surface area contributed by atoms with Gasteiger partial charge in [-0.15, -0.1) is 0 Å². The minimum atomic E-state index is 0.861. The van der Waals surface area contributed by atoms with Crippen molar-refractivity contribution in [2.24, 2.45) is 0 Å². The monoisotopic (exact) mass is 326 g/mol. The van der Waals surface area contributed by atoms with Crippen LogP contribution in [0.1, 0.15) is 12.5 Å². The molecule has 124 valence electrons. The number of hydrogen-bond acceptors (Lipinski definition) is 2. The van der Waals surface area contributed by atoms with Crippen molar-refractivity contribution in [2.75, 3.05) is 11.9 Å². The molecule has 0 saturated heterocycles. The predicted octanol–water partition coefficient (Wildman–Crippen LogP) is 5.86. The third-order valence-corrected chi connectivity index (χ3v) is 4.12. The Morgan fingerprint density at radius 3 is 2.56 bits per heavy atom. The molecule has 1 aromatic heterocycles. The summed E-state index contributed by atoms with van der Waals surface area (Å²) >= 11 is 0. The van der Waals surface area contributed by atoms with E-state index in [9.17, 15) is 0 Å². The van der Waals surface area contributed by atoms with E-state index < -0.39 is 0 Å². The lowest BCUT2D eigenvalue weighted by Gasteiger charge is -2.21. The summed E-state index contributed by atoms with van der Waals surface area (Å²) in [6.07, 6.45) is 7.96. The van der Waals surface area contributed by atoms with Gasteiger partial charge in [0.1, 0.15) is 0 Å². The van der Waals surface area contributed by atoms with Gasteiger partial charge in [0.2, 0.25) is 0 Å². The largest absolute Gasteiger partial charge is 0.380 e. The molecule has 2 heterocycles. The van der Waals surface area contributed by atoms with Crippen LogP contribution in [-0.2, 0) is 0 Å². The van der Waals surface area contributed by atoms with Crippen LogP contribution < -0.4 is 5.32 Å². The molecule has 0 atom stereocenters. The highest BCUT2D eigenvalue weighted by atomic mass is 14.9. The van der Waals surface area contributed by atoms with Gasteiger partial charge in [-0.05, 0) is 36.3 Å². The summed E-state index contributed by atoms with van der Waals surface area (Å²) in [7, 11) is 0. The number of benzene rings is 2. The van der Waals surface area contributed by atoms with Crippen LogP contribution in [0.15, 0.2) is 97.2 Å². The molecular weight excluding hydrogens is 304 g/mol. The van der Waals surface area contributed by atoms with E-state index in [1.165, 1.54) is 27.8 Å². The zero-order valence-corrected chi connectivity index (χ0v) is 14.4. The van der Waals surface area contributed by atoms with Crippen LogP contribution in [0, 0.1) is 0 Å². The molecule has 2 heteroatoms. The summed E-state index contributed by atoms with van der Waals surface area (Å²) in [5.41, 5.74) is 6.06. The highest BCUT2D eigenvalue weighted by Gasteiger charge is 2.13. The molecule has 0 radical (unpaired) electrons. The van der Waals surface area contributed by atoms with Gasteiger partial charge in [-0.1, -0.05) is 67.3 Å². The number of nitrogens with zero attached hydrogens (tertiary/aromatic N) is 1. The molecule has 25 heavy (non-hydrogen) atoms. The van der Waals surface area contributed by atoms with Gasteiger partial charge in [-0.2, -0.15) is 0 Å². The molecule has 0 aliphatic carbocycles. The summed E-state index contributed by atoms with van der Waals surface area (Å²) in [6, 6.07) is 20.5. The van der Waals surface area contributed by atoms with E-state index >= 15 is 0 Å². The Balaban J connectivity index is 0.000000157. The molecule has 1 aliphatic heterocycles. The van der Waals surface area contributed by atoms with Crippen LogP contribution in [0.2, 0.25) is 0 Å². The maximum Gasteiger partial charge on any atom is 0.0701 e. The van der Waals surface area contributed by atoms with Crippen LogP contribution >= 0.6 is 0 Å². The fourth-order valence-corrected chi connectivity index (χ4v) is 2.89. The molecule has 0 saturated carbocycles. The molecule has 2 aromatic carbocycles. The lowest BCUT2D eigenvalue weighted by Crippen LogP contribution is -2.12. The number of nitrogens with one attached hydrogen (secondary N) is 1. The Bertz CT molecular complexity index is 870. The van der Waals surface area contributed by atoms with Gasteiger partial charge >= 0.3 is 0 Å². The SMILES string of the molecule is C=CC1=C(/C=C\C)c2ccccc2NC1.c1ccc2ncccc2c1. The van der Waals surface area contributed by atoms with E-state index in [4.69, 9.17) is 0 Å². The summed E-state index contributed by atoms with van der Waals surface area (Å²) in [5, 5.41) is 4.59. The first-order valence-corrected chi connectivity index (χ1v) is 8.45. The van der Waals surface area contributed by atoms with E-state index in [0.29, 0.717) is 0 Å². The van der Waals surface area contributed by atoms with E-state index in [0.717, 1.165) is 12.1 Å². The van der Waals surface area contributed by atoms with Crippen molar-refractivity contribution in [1.29, 1.82) is 0 Å². The maximum absolute atomic E-state index is 4.18. The summed E-state index contributed by atoms with van der Waals surface area (Å²) in [4.78, 5) is 4.18. The van der Waals surface area contributed by atoms with Crippen molar-refractivity contribution in [2.45, 2.75) is 6.92 Å². The first-order chi connectivity index (χ1) is 12.3. The van der Waals surface area contributed by atoms with Gasteiger partial charge < -0.3 is 5.32 Å². The fourth-order valence-electron chi connectivity index (χ4n) is 2.89. The Labute approximate surface area is 149 Å². The minimum absolute atomic E-state index is 0.861. The Morgan fingerprint density at radius 2 is 1.76 bits per heavy atom. The van der Waals surface area contributed by atoms with Crippen molar-refractivity contribution < 1.29 is 0 Å². The number of anilines is 1. The molecule has 0 fully saturated rings. The highest BCUT2D eigenvalue weighted by Crippen LogP contribution is 2.31. The first-order valence-electron chi connectivity index (χ1n) is 8.45. The average molecular weight is 326 g/mol. The zero-order valence-electron chi connectivity index (χ0n) is 14.4. The molecule has 1 aliphatic rings. The lowest BCUT2D eigenvalue weighted by atomic mass is 9.94. The molecule has 3 aromatic rings. The standard InChI is InChI=1S/C14H15N.C9H7N/c1-3-7-12-11(4-2)10-15-14-9-6-5-8-13(12)14;1-2-6-9-8(4-1)5-3-7-10-9/h3-9,15H,2,10H2,1H3;1-7H/b7-3-;. The van der Waals surface area contributed by atoms with Crippen LogP contribution in [0.4, 0.5) is 5.69 Å². The number of allylic oxidation sites excluding steroid dienone is 3. The second-order valence-electron chi connectivity index (χ2n) is 5.74. The number of pyridine rings is 1. The van der Waals surface area contributed by atoms with Crippen molar-refractivity contribution in [3.05, 3.63) is 103 Å². The number of aromatic nitrogens is 1. The Hall–Kier alpha value is -3.13. The third-order valence-electron chi connectivity index (χ3n) is 4.12. The Kier molecular flexibility index (Phi) is 5.43. The second-order valence-corrected chi connectivity index (χ2v) is 5.74. The van der Waals surface area contributed by atoms with Gasteiger partial charge in [-0.25, -0.2) is 0 Å². The van der Waals surface area contributed by atoms with E-state index in [1.807, 2.05) is 43.5 Å². The van der Waals surface area contributed by atoms with Gasteiger partial charge in [-0.3, -0.25) is 4.98 Å².